The van der Waals surface area contributed by atoms with Crippen LogP contribution in [0.25, 0.3) is 10.4 Å². The minimum absolute atomic E-state index is 0.113. The fourth-order valence-electron chi connectivity index (χ4n) is 3.31. The summed E-state index contributed by atoms with van der Waals surface area (Å²) in [7, 11) is -4.25. The van der Waals surface area contributed by atoms with Crippen LogP contribution < -0.4 is 0 Å². The van der Waals surface area contributed by atoms with Crippen molar-refractivity contribution in [2.45, 2.75) is 63.3 Å². The Morgan fingerprint density at radius 2 is 1.53 bits per heavy atom. The number of carbonyl (C=O) groups is 3. The molecule has 1 aliphatic rings. The number of hydrogen-bond donors (Lipinski definition) is 0. The molecule has 0 aromatic heterocycles. The van der Waals surface area contributed by atoms with Crippen molar-refractivity contribution in [3.05, 3.63) is 40.3 Å². The third-order valence-corrected chi connectivity index (χ3v) is 6.03. The third-order valence-electron chi connectivity index (χ3n) is 4.73. The summed E-state index contributed by atoms with van der Waals surface area (Å²) in [6.07, 6.45) is -7.04. The highest BCUT2D eigenvalue weighted by Gasteiger charge is 2.52. The number of carbonyl (C=O) groups excluding carboxylic acids is 3. The molecular formula is C21H27N3O11S. The highest BCUT2D eigenvalue weighted by Crippen LogP contribution is 2.30. The van der Waals surface area contributed by atoms with Gasteiger partial charge in [-0.3, -0.25) is 18.6 Å². The quantitative estimate of drug-likeness (QED) is 0.0768. The molecule has 1 aliphatic heterocycles. The molecule has 2 rings (SSSR count). The van der Waals surface area contributed by atoms with Gasteiger partial charge in [0, 0.05) is 32.2 Å². The summed E-state index contributed by atoms with van der Waals surface area (Å²) in [6, 6.07) is 5.89. The standard InChI is InChI=1S/C21H27N3O11S/c1-12-5-7-16(8-6-12)36(28,29)31-11-17-18(32-13(2)25)19(33-14(3)26)20(34-15(4)27)21(35-17)30-10-9-23-24-22/h5-8,17-21H,9-11H2,1-4H3/t17-,18+,19+,20-,21-/m1/s1. The number of ether oxygens (including phenoxy) is 5. The van der Waals surface area contributed by atoms with Crippen LogP contribution in [0.5, 0.6) is 0 Å². The molecular weight excluding hydrogens is 502 g/mol. The van der Waals surface area contributed by atoms with Crippen LogP contribution in [-0.4, -0.2) is 76.8 Å². The average Bonchev–Trinajstić information content (AvgIpc) is 2.78. The molecule has 1 heterocycles. The van der Waals surface area contributed by atoms with E-state index in [9.17, 15) is 22.8 Å². The van der Waals surface area contributed by atoms with Crippen molar-refractivity contribution in [3.8, 4) is 0 Å². The summed E-state index contributed by atoms with van der Waals surface area (Å²) < 4.78 is 57.6. The van der Waals surface area contributed by atoms with E-state index in [4.69, 9.17) is 33.4 Å². The number of nitrogens with zero attached hydrogens (tertiary/aromatic N) is 3. The Labute approximate surface area is 207 Å². The molecule has 0 aliphatic carbocycles. The lowest BCUT2D eigenvalue weighted by molar-refractivity contribution is -0.306. The van der Waals surface area contributed by atoms with Crippen LogP contribution >= 0.6 is 0 Å². The molecule has 0 radical (unpaired) electrons. The molecule has 0 N–H and O–H groups in total. The molecule has 0 bridgehead atoms. The molecule has 1 saturated heterocycles. The Balaban J connectivity index is 2.38. The van der Waals surface area contributed by atoms with Gasteiger partial charge in [0.15, 0.2) is 24.6 Å². The third kappa shape index (κ3) is 8.46. The maximum absolute atomic E-state index is 12.7. The molecule has 15 heteroatoms. The van der Waals surface area contributed by atoms with E-state index in [2.05, 4.69) is 10.0 Å². The molecule has 0 saturated carbocycles. The fourth-order valence-corrected chi connectivity index (χ4v) is 4.23. The Bertz CT molecular complexity index is 1090. The molecule has 198 valence electrons. The number of esters is 3. The molecule has 1 fully saturated rings. The van der Waals surface area contributed by atoms with Crippen molar-refractivity contribution >= 4 is 28.0 Å². The number of aryl methyl sites for hydroxylation is 1. The van der Waals surface area contributed by atoms with Crippen molar-refractivity contribution in [1.82, 2.24) is 0 Å². The van der Waals surface area contributed by atoms with Crippen LogP contribution in [0.15, 0.2) is 34.3 Å². The summed E-state index contributed by atoms with van der Waals surface area (Å²) in [4.78, 5) is 37.9. The zero-order valence-electron chi connectivity index (χ0n) is 20.1. The zero-order chi connectivity index (χ0) is 26.9. The monoisotopic (exact) mass is 529 g/mol. The van der Waals surface area contributed by atoms with Crippen LogP contribution in [0, 0.1) is 6.92 Å². The largest absolute Gasteiger partial charge is 0.456 e. The second kappa shape index (κ2) is 13.2. The van der Waals surface area contributed by atoms with Crippen molar-refractivity contribution in [2.75, 3.05) is 19.8 Å². The van der Waals surface area contributed by atoms with Crippen molar-refractivity contribution in [2.24, 2.45) is 5.11 Å². The SMILES string of the molecule is CC(=O)O[C@H]1[C@@H](OC(C)=O)[C@@H](COS(=O)(=O)c2ccc(C)cc2)O[C@@H](OCCN=[N+]=[N-])[C@@H]1OC(C)=O. The van der Waals surface area contributed by atoms with Crippen LogP contribution in [0.4, 0.5) is 0 Å². The van der Waals surface area contributed by atoms with Crippen LogP contribution in [0.3, 0.4) is 0 Å². The van der Waals surface area contributed by atoms with Gasteiger partial charge in [0.1, 0.15) is 6.10 Å². The molecule has 1 aromatic carbocycles. The van der Waals surface area contributed by atoms with Gasteiger partial charge in [-0.2, -0.15) is 8.42 Å². The molecule has 1 aromatic rings. The topological polar surface area (TPSA) is 189 Å². The number of azide groups is 1. The van der Waals surface area contributed by atoms with Gasteiger partial charge in [0.2, 0.25) is 0 Å². The maximum Gasteiger partial charge on any atom is 0.303 e. The smallest absolute Gasteiger partial charge is 0.303 e. The van der Waals surface area contributed by atoms with E-state index in [1.807, 2.05) is 0 Å². The average molecular weight is 530 g/mol. The Morgan fingerprint density at radius 1 is 0.972 bits per heavy atom. The Morgan fingerprint density at radius 3 is 2.08 bits per heavy atom. The van der Waals surface area contributed by atoms with Crippen LogP contribution in [-0.2, 0) is 52.4 Å². The predicted molar refractivity (Wildman–Crippen MR) is 120 cm³/mol. The molecule has 36 heavy (non-hydrogen) atoms. The summed E-state index contributed by atoms with van der Waals surface area (Å²) in [5, 5.41) is 3.32. The summed E-state index contributed by atoms with van der Waals surface area (Å²) in [5.41, 5.74) is 9.29. The fraction of sp³-hybridized carbons (Fsp3) is 0.571. The van der Waals surface area contributed by atoms with Gasteiger partial charge in [-0.15, -0.1) is 0 Å². The zero-order valence-corrected chi connectivity index (χ0v) is 20.9. The minimum atomic E-state index is -4.25. The van der Waals surface area contributed by atoms with Crippen molar-refractivity contribution in [1.29, 1.82) is 0 Å². The molecule has 0 amide bonds. The Hall–Kier alpha value is -3.23. The second-order valence-corrected chi connectivity index (χ2v) is 9.26. The van der Waals surface area contributed by atoms with Gasteiger partial charge in [-0.1, -0.05) is 22.8 Å². The van der Waals surface area contributed by atoms with Gasteiger partial charge >= 0.3 is 17.9 Å². The highest BCUT2D eigenvalue weighted by atomic mass is 32.2. The van der Waals surface area contributed by atoms with Gasteiger partial charge in [-0.25, -0.2) is 0 Å². The van der Waals surface area contributed by atoms with E-state index in [0.717, 1.165) is 26.3 Å². The first kappa shape index (κ1) is 29.0. The first-order valence-electron chi connectivity index (χ1n) is 10.7. The first-order valence-corrected chi connectivity index (χ1v) is 12.1. The van der Waals surface area contributed by atoms with E-state index in [1.54, 1.807) is 19.1 Å². The minimum Gasteiger partial charge on any atom is -0.456 e. The van der Waals surface area contributed by atoms with Gasteiger partial charge < -0.3 is 23.7 Å². The highest BCUT2D eigenvalue weighted by molar-refractivity contribution is 7.86. The second-order valence-electron chi connectivity index (χ2n) is 7.64. The van der Waals surface area contributed by atoms with Crippen molar-refractivity contribution < 1.29 is 50.7 Å². The van der Waals surface area contributed by atoms with E-state index >= 15 is 0 Å². The summed E-state index contributed by atoms with van der Waals surface area (Å²) in [5.74, 6) is -2.41. The normalized spacial score (nSPS) is 23.7. The van der Waals surface area contributed by atoms with Gasteiger partial charge in [-0.05, 0) is 24.6 Å². The Kier molecular flexibility index (Phi) is 10.6. The van der Waals surface area contributed by atoms with E-state index in [1.165, 1.54) is 12.1 Å². The molecule has 14 nitrogen and oxygen atoms in total. The van der Waals surface area contributed by atoms with E-state index in [0.29, 0.717) is 0 Å². The molecule has 0 spiro atoms. The number of rotatable bonds is 11. The summed E-state index contributed by atoms with van der Waals surface area (Å²) in [6.45, 7) is 4.06. The van der Waals surface area contributed by atoms with Gasteiger partial charge in [0.05, 0.1) is 18.1 Å². The molecule has 0 unspecified atom stereocenters. The lowest BCUT2D eigenvalue weighted by atomic mass is 9.98. The van der Waals surface area contributed by atoms with Crippen molar-refractivity contribution in [3.63, 3.8) is 0 Å². The van der Waals surface area contributed by atoms with Crippen LogP contribution in [0.2, 0.25) is 0 Å². The first-order chi connectivity index (χ1) is 16.9. The molecule has 5 atom stereocenters. The number of benzene rings is 1. The maximum atomic E-state index is 12.7. The van der Waals surface area contributed by atoms with Crippen LogP contribution in [0.1, 0.15) is 26.3 Å². The van der Waals surface area contributed by atoms with E-state index in [-0.39, 0.29) is 18.0 Å². The summed E-state index contributed by atoms with van der Waals surface area (Å²) >= 11 is 0. The predicted octanol–water partition coefficient (Wildman–Crippen LogP) is 1.55. The van der Waals surface area contributed by atoms with Gasteiger partial charge in [0.25, 0.3) is 10.1 Å². The van der Waals surface area contributed by atoms with E-state index < -0.39 is 65.3 Å². The lowest BCUT2D eigenvalue weighted by Gasteiger charge is -2.44. The lowest BCUT2D eigenvalue weighted by Crippen LogP contribution is -2.63. The number of hydrogen-bond acceptors (Lipinski definition) is 12.